The molecular formula is C15H13Cl2N3O3S. The molecule has 0 radical (unpaired) electrons. The molecule has 0 bridgehead atoms. The van der Waals surface area contributed by atoms with Crippen LogP contribution in [-0.2, 0) is 6.54 Å². The Morgan fingerprint density at radius 2 is 2.04 bits per heavy atom. The van der Waals surface area contributed by atoms with Gasteiger partial charge in [0.1, 0.15) is 5.75 Å². The van der Waals surface area contributed by atoms with Crippen LogP contribution in [0.1, 0.15) is 5.56 Å². The summed E-state index contributed by atoms with van der Waals surface area (Å²) in [5, 5.41) is 18.1. The Kier molecular flexibility index (Phi) is 6.19. The number of nitro groups is 1. The highest BCUT2D eigenvalue weighted by Gasteiger charge is 2.12. The first-order valence-electron chi connectivity index (χ1n) is 6.72. The quantitative estimate of drug-likeness (QED) is 0.451. The van der Waals surface area contributed by atoms with Crippen molar-refractivity contribution in [2.45, 2.75) is 6.54 Å². The van der Waals surface area contributed by atoms with Crippen molar-refractivity contribution in [1.82, 2.24) is 5.32 Å². The fraction of sp³-hybridized carbons (Fsp3) is 0.133. The summed E-state index contributed by atoms with van der Waals surface area (Å²) in [5.74, 6) is 0.317. The van der Waals surface area contributed by atoms with Gasteiger partial charge in [-0.2, -0.15) is 0 Å². The van der Waals surface area contributed by atoms with Crippen molar-refractivity contribution in [1.29, 1.82) is 0 Å². The van der Waals surface area contributed by atoms with Gasteiger partial charge in [0.25, 0.3) is 5.69 Å². The number of rotatable bonds is 5. The van der Waals surface area contributed by atoms with E-state index >= 15 is 0 Å². The van der Waals surface area contributed by atoms with Crippen molar-refractivity contribution in [2.75, 3.05) is 12.4 Å². The van der Waals surface area contributed by atoms with Crippen LogP contribution < -0.4 is 15.4 Å². The first-order valence-corrected chi connectivity index (χ1v) is 7.88. The summed E-state index contributed by atoms with van der Waals surface area (Å²) >= 11 is 17.2. The van der Waals surface area contributed by atoms with Gasteiger partial charge in [-0.3, -0.25) is 10.1 Å². The number of thiocarbonyl (C=S) groups is 1. The largest absolute Gasteiger partial charge is 0.494 e. The second-order valence-corrected chi connectivity index (χ2v) is 5.94. The first-order chi connectivity index (χ1) is 11.4. The van der Waals surface area contributed by atoms with E-state index in [1.54, 1.807) is 18.2 Å². The van der Waals surface area contributed by atoms with Gasteiger partial charge in [0.15, 0.2) is 5.11 Å². The summed E-state index contributed by atoms with van der Waals surface area (Å²) in [7, 11) is 1.42. The maximum absolute atomic E-state index is 10.8. The third-order valence-electron chi connectivity index (χ3n) is 3.10. The molecule has 2 rings (SSSR count). The number of hydrogen-bond donors (Lipinski definition) is 2. The van der Waals surface area contributed by atoms with E-state index in [1.807, 2.05) is 0 Å². The molecule has 6 nitrogen and oxygen atoms in total. The molecule has 0 atom stereocenters. The van der Waals surface area contributed by atoms with E-state index in [4.69, 9.17) is 40.2 Å². The summed E-state index contributed by atoms with van der Waals surface area (Å²) < 4.78 is 5.14. The van der Waals surface area contributed by atoms with Gasteiger partial charge in [-0.25, -0.2) is 0 Å². The van der Waals surface area contributed by atoms with Crippen molar-refractivity contribution in [3.8, 4) is 5.75 Å². The van der Waals surface area contributed by atoms with Crippen LogP contribution in [-0.4, -0.2) is 17.1 Å². The van der Waals surface area contributed by atoms with E-state index in [2.05, 4.69) is 10.6 Å². The van der Waals surface area contributed by atoms with Gasteiger partial charge in [-0.1, -0.05) is 29.3 Å². The minimum atomic E-state index is -0.495. The van der Waals surface area contributed by atoms with Crippen LogP contribution in [0.15, 0.2) is 36.4 Å². The molecule has 0 amide bonds. The monoisotopic (exact) mass is 385 g/mol. The third-order valence-corrected chi connectivity index (χ3v) is 3.93. The Bertz CT molecular complexity index is 787. The zero-order chi connectivity index (χ0) is 17.7. The van der Waals surface area contributed by atoms with Crippen molar-refractivity contribution < 1.29 is 9.66 Å². The van der Waals surface area contributed by atoms with Crippen molar-refractivity contribution in [3.05, 3.63) is 62.1 Å². The van der Waals surface area contributed by atoms with Crippen molar-refractivity contribution in [3.63, 3.8) is 0 Å². The number of methoxy groups -OCH3 is 1. The van der Waals surface area contributed by atoms with Gasteiger partial charge in [0.2, 0.25) is 0 Å². The van der Waals surface area contributed by atoms with Gasteiger partial charge in [0, 0.05) is 22.7 Å². The number of nitrogens with one attached hydrogen (secondary N) is 2. The molecule has 0 fully saturated rings. The number of anilines is 1. The molecule has 2 aromatic rings. The Morgan fingerprint density at radius 1 is 1.29 bits per heavy atom. The zero-order valence-corrected chi connectivity index (χ0v) is 14.8. The molecule has 24 heavy (non-hydrogen) atoms. The molecule has 0 saturated carbocycles. The minimum absolute atomic E-state index is 0.0655. The van der Waals surface area contributed by atoms with Gasteiger partial charge in [-0.05, 0) is 36.0 Å². The maximum atomic E-state index is 10.8. The third kappa shape index (κ3) is 4.70. The topological polar surface area (TPSA) is 76.4 Å². The number of hydrogen-bond acceptors (Lipinski definition) is 4. The van der Waals surface area contributed by atoms with E-state index < -0.39 is 4.92 Å². The van der Waals surface area contributed by atoms with Crippen LogP contribution in [0.3, 0.4) is 0 Å². The molecular weight excluding hydrogens is 373 g/mol. The highest BCUT2D eigenvalue weighted by molar-refractivity contribution is 7.80. The van der Waals surface area contributed by atoms with Gasteiger partial charge >= 0.3 is 0 Å². The zero-order valence-electron chi connectivity index (χ0n) is 12.5. The smallest absolute Gasteiger partial charge is 0.273 e. The molecule has 0 aromatic heterocycles. The lowest BCUT2D eigenvalue weighted by Crippen LogP contribution is -2.28. The van der Waals surface area contributed by atoms with Crippen LogP contribution in [0, 0.1) is 10.1 Å². The lowest BCUT2D eigenvalue weighted by molar-refractivity contribution is -0.384. The van der Waals surface area contributed by atoms with Crippen LogP contribution in [0.2, 0.25) is 10.0 Å². The maximum Gasteiger partial charge on any atom is 0.273 e. The molecule has 0 unspecified atom stereocenters. The molecule has 126 valence electrons. The predicted molar refractivity (Wildman–Crippen MR) is 99.2 cm³/mol. The Labute approximate surface area is 153 Å². The lowest BCUT2D eigenvalue weighted by Gasteiger charge is -2.14. The van der Waals surface area contributed by atoms with Gasteiger partial charge < -0.3 is 15.4 Å². The van der Waals surface area contributed by atoms with Crippen LogP contribution >= 0.6 is 35.4 Å². The van der Waals surface area contributed by atoms with Crippen LogP contribution in [0.5, 0.6) is 5.75 Å². The molecule has 0 saturated heterocycles. The standard InChI is InChI=1S/C15H13Cl2N3O3S/c1-23-14-7-11(20(21)22)4-5-13(14)19-15(24)18-8-9-2-3-10(16)6-12(9)17/h2-7H,8H2,1H3,(H2,18,19,24). The van der Waals surface area contributed by atoms with E-state index in [9.17, 15) is 10.1 Å². The Balaban J connectivity index is 2.03. The highest BCUT2D eigenvalue weighted by atomic mass is 35.5. The highest BCUT2D eigenvalue weighted by Crippen LogP contribution is 2.29. The molecule has 0 aliphatic heterocycles. The molecule has 0 aliphatic rings. The molecule has 2 N–H and O–H groups in total. The summed E-state index contributed by atoms with van der Waals surface area (Å²) in [6.07, 6.45) is 0. The fourth-order valence-corrected chi connectivity index (χ4v) is 2.56. The average molecular weight is 386 g/mol. The van der Waals surface area contributed by atoms with E-state index in [-0.39, 0.29) is 5.69 Å². The summed E-state index contributed by atoms with van der Waals surface area (Å²) in [5.41, 5.74) is 1.29. The lowest BCUT2D eigenvalue weighted by atomic mass is 10.2. The van der Waals surface area contributed by atoms with Crippen molar-refractivity contribution >= 4 is 51.9 Å². The Morgan fingerprint density at radius 3 is 2.67 bits per heavy atom. The predicted octanol–water partition coefficient (Wildman–Crippen LogP) is 4.40. The van der Waals surface area contributed by atoms with Gasteiger partial charge in [-0.15, -0.1) is 0 Å². The van der Waals surface area contributed by atoms with E-state index in [0.717, 1.165) is 5.56 Å². The van der Waals surface area contributed by atoms with Crippen molar-refractivity contribution in [2.24, 2.45) is 0 Å². The molecule has 0 heterocycles. The first kappa shape index (κ1) is 18.3. The van der Waals surface area contributed by atoms with E-state index in [1.165, 1.54) is 25.3 Å². The van der Waals surface area contributed by atoms with Gasteiger partial charge in [0.05, 0.1) is 23.8 Å². The molecule has 2 aromatic carbocycles. The summed E-state index contributed by atoms with van der Waals surface area (Å²) in [6.45, 7) is 0.400. The number of nitrogens with zero attached hydrogens (tertiary/aromatic N) is 1. The second kappa shape index (κ2) is 8.14. The number of non-ortho nitro benzene ring substituents is 1. The number of ether oxygens (including phenoxy) is 1. The van der Waals surface area contributed by atoms with Crippen LogP contribution in [0.4, 0.5) is 11.4 Å². The number of halogens is 2. The van der Waals surface area contributed by atoms with Crippen LogP contribution in [0.25, 0.3) is 0 Å². The molecule has 0 spiro atoms. The summed E-state index contributed by atoms with van der Waals surface area (Å²) in [4.78, 5) is 10.3. The van der Waals surface area contributed by atoms with E-state index in [0.29, 0.717) is 33.1 Å². The molecule has 0 aliphatic carbocycles. The average Bonchev–Trinajstić information content (AvgIpc) is 2.54. The molecule has 9 heteroatoms. The fourth-order valence-electron chi connectivity index (χ4n) is 1.90. The summed E-state index contributed by atoms with van der Waals surface area (Å²) in [6, 6.07) is 9.40. The second-order valence-electron chi connectivity index (χ2n) is 4.69. The number of nitro benzene ring substituents is 1. The normalized spacial score (nSPS) is 10.1. The minimum Gasteiger partial charge on any atom is -0.494 e. The number of benzene rings is 2. The Hall–Kier alpha value is -2.09. The SMILES string of the molecule is COc1cc([N+](=O)[O-])ccc1NC(=S)NCc1ccc(Cl)cc1Cl.